The van der Waals surface area contributed by atoms with Gasteiger partial charge in [0.25, 0.3) is 5.91 Å². The summed E-state index contributed by atoms with van der Waals surface area (Å²) in [7, 11) is 3.14. The van der Waals surface area contributed by atoms with Gasteiger partial charge in [0.15, 0.2) is 6.61 Å². The summed E-state index contributed by atoms with van der Waals surface area (Å²) in [5.74, 6) is -0.463. The van der Waals surface area contributed by atoms with E-state index in [1.54, 1.807) is 80.9 Å². The van der Waals surface area contributed by atoms with Crippen LogP contribution in [0.5, 0.6) is 11.5 Å². The fourth-order valence-electron chi connectivity index (χ4n) is 3.06. The summed E-state index contributed by atoms with van der Waals surface area (Å²) >= 11 is 0. The minimum atomic E-state index is -1.38. The second kappa shape index (κ2) is 11.3. The first-order valence-corrected chi connectivity index (χ1v) is 10.0. The third kappa shape index (κ3) is 6.33. The topological polar surface area (TPSA) is 100 Å². The molecule has 0 aliphatic carbocycles. The van der Waals surface area contributed by atoms with Gasteiger partial charge < -0.3 is 29.1 Å². The molecule has 1 amide bonds. The highest BCUT2D eigenvalue weighted by atomic mass is 16.6. The first kappa shape index (κ1) is 23.3. The van der Waals surface area contributed by atoms with E-state index in [1.807, 2.05) is 0 Å². The number of hydrogen-bond acceptors (Lipinski definition) is 7. The van der Waals surface area contributed by atoms with Crippen molar-refractivity contribution < 1.29 is 29.0 Å². The first-order valence-electron chi connectivity index (χ1n) is 10.0. The number of anilines is 1. The van der Waals surface area contributed by atoms with Crippen molar-refractivity contribution in [3.63, 3.8) is 0 Å². The third-order valence-electron chi connectivity index (χ3n) is 4.80. The van der Waals surface area contributed by atoms with Gasteiger partial charge in [-0.25, -0.2) is 0 Å². The number of benzene rings is 3. The lowest BCUT2D eigenvalue weighted by molar-refractivity contribution is -0.254. The molecular weight excluding hydrogens is 424 g/mol. The van der Waals surface area contributed by atoms with E-state index in [9.17, 15) is 14.7 Å². The summed E-state index contributed by atoms with van der Waals surface area (Å²) in [6, 6.07) is 20.4. The van der Waals surface area contributed by atoms with Crippen LogP contribution in [-0.4, -0.2) is 38.9 Å². The quantitative estimate of drug-likeness (QED) is 0.350. The van der Waals surface area contributed by atoms with Crippen LogP contribution in [0.25, 0.3) is 0 Å². The molecule has 0 saturated heterocycles. The van der Waals surface area contributed by atoms with Crippen LogP contribution in [0.1, 0.15) is 21.5 Å². The number of methoxy groups -OCH3 is 2. The number of carbonyl (C=O) groups excluding carboxylic acids is 2. The van der Waals surface area contributed by atoms with Gasteiger partial charge in [-0.3, -0.25) is 4.79 Å². The number of ether oxygens (including phenoxy) is 2. The van der Waals surface area contributed by atoms with Gasteiger partial charge >= 0.3 is 0 Å². The molecule has 0 aliphatic heterocycles. The Morgan fingerprint density at radius 2 is 1.52 bits per heavy atom. The number of carboxylic acids is 1. The number of para-hydroxylation sites is 1. The molecule has 8 heteroatoms. The van der Waals surface area contributed by atoms with E-state index in [2.05, 4.69) is 5.16 Å². The number of nitrogens with zero attached hydrogens (tertiary/aromatic N) is 2. The molecule has 0 radical (unpaired) electrons. The molecule has 0 spiro atoms. The van der Waals surface area contributed by atoms with Gasteiger partial charge in [0.05, 0.1) is 38.6 Å². The molecule has 3 aromatic carbocycles. The van der Waals surface area contributed by atoms with E-state index < -0.39 is 11.9 Å². The summed E-state index contributed by atoms with van der Waals surface area (Å²) in [6.45, 7) is -0.261. The maximum absolute atomic E-state index is 13.0. The number of hydrogen-bond donors (Lipinski definition) is 0. The van der Waals surface area contributed by atoms with Gasteiger partial charge in [-0.05, 0) is 53.6 Å². The Kier molecular flexibility index (Phi) is 8.02. The Morgan fingerprint density at radius 1 is 0.909 bits per heavy atom. The van der Waals surface area contributed by atoms with E-state index in [1.165, 1.54) is 17.2 Å². The van der Waals surface area contributed by atoms with E-state index >= 15 is 0 Å². The van der Waals surface area contributed by atoms with E-state index in [0.29, 0.717) is 11.5 Å². The zero-order valence-electron chi connectivity index (χ0n) is 18.3. The lowest BCUT2D eigenvalue weighted by atomic mass is 10.1. The summed E-state index contributed by atoms with van der Waals surface area (Å²) < 4.78 is 10.3. The van der Waals surface area contributed by atoms with Crippen LogP contribution < -0.4 is 19.5 Å². The van der Waals surface area contributed by atoms with Crippen molar-refractivity contribution in [2.24, 2.45) is 5.16 Å². The van der Waals surface area contributed by atoms with Crippen molar-refractivity contribution in [2.45, 2.75) is 6.54 Å². The molecule has 0 heterocycles. The molecule has 33 heavy (non-hydrogen) atoms. The Bertz CT molecular complexity index is 1110. The van der Waals surface area contributed by atoms with E-state index in [-0.39, 0.29) is 24.4 Å². The molecule has 0 aliphatic rings. The number of carboxylic acid groups (broad SMARTS) is 1. The highest BCUT2D eigenvalue weighted by Crippen LogP contribution is 2.23. The van der Waals surface area contributed by atoms with Crippen molar-refractivity contribution in [1.29, 1.82) is 0 Å². The molecule has 0 bridgehead atoms. The van der Waals surface area contributed by atoms with Gasteiger partial charge in [-0.1, -0.05) is 35.5 Å². The number of amides is 1. The molecule has 3 rings (SSSR count). The molecule has 0 aromatic heterocycles. The van der Waals surface area contributed by atoms with Crippen LogP contribution in [0.3, 0.4) is 0 Å². The second-order valence-electron chi connectivity index (χ2n) is 6.91. The number of oxime groups is 1. The Hall–Kier alpha value is -4.33. The van der Waals surface area contributed by atoms with Gasteiger partial charge in [0.2, 0.25) is 0 Å². The number of aromatic carboxylic acids is 1. The van der Waals surface area contributed by atoms with Crippen molar-refractivity contribution in [2.75, 3.05) is 25.7 Å². The van der Waals surface area contributed by atoms with Crippen LogP contribution in [0, 0.1) is 0 Å². The largest absolute Gasteiger partial charge is 0.545 e. The molecule has 0 unspecified atom stereocenters. The Labute approximate surface area is 191 Å². The van der Waals surface area contributed by atoms with Crippen LogP contribution in [0.15, 0.2) is 78.0 Å². The van der Waals surface area contributed by atoms with Crippen LogP contribution in [-0.2, 0) is 16.2 Å². The van der Waals surface area contributed by atoms with Gasteiger partial charge in [-0.2, -0.15) is 0 Å². The van der Waals surface area contributed by atoms with Crippen molar-refractivity contribution >= 4 is 23.8 Å². The molecular formula is C25H23N2O6-. The van der Waals surface area contributed by atoms with Crippen molar-refractivity contribution in [3.05, 3.63) is 89.5 Å². The van der Waals surface area contributed by atoms with Crippen LogP contribution >= 0.6 is 0 Å². The number of carbonyl (C=O) groups is 2. The average molecular weight is 447 g/mol. The molecule has 0 fully saturated rings. The monoisotopic (exact) mass is 447 g/mol. The van der Waals surface area contributed by atoms with E-state index in [4.69, 9.17) is 14.3 Å². The van der Waals surface area contributed by atoms with Crippen molar-refractivity contribution in [1.82, 2.24) is 0 Å². The first-order chi connectivity index (χ1) is 16.0. The smallest absolute Gasteiger partial charge is 0.268 e. The summed E-state index contributed by atoms with van der Waals surface area (Å²) in [5.41, 5.74) is 1.65. The predicted octanol–water partition coefficient (Wildman–Crippen LogP) is 2.65. The second-order valence-corrected chi connectivity index (χ2v) is 6.91. The standard InChI is InChI=1S/C25H24N2O6/c1-31-20-11-7-18(8-12-20)15-26-33-17-24(28)27(16-19-9-13-21(32-2)14-10-19)23-6-4-3-5-22(23)25(29)30/h3-15H,16-17H2,1-2H3,(H,29,30)/p-1/b26-15-. The zero-order chi connectivity index (χ0) is 23.6. The van der Waals surface area contributed by atoms with E-state index in [0.717, 1.165) is 11.1 Å². The van der Waals surface area contributed by atoms with Crippen LogP contribution in [0.2, 0.25) is 0 Å². The third-order valence-corrected chi connectivity index (χ3v) is 4.80. The minimum Gasteiger partial charge on any atom is -0.545 e. The molecule has 0 N–H and O–H groups in total. The average Bonchev–Trinajstić information content (AvgIpc) is 2.85. The number of rotatable bonds is 10. The normalized spacial score (nSPS) is 10.6. The predicted molar refractivity (Wildman–Crippen MR) is 121 cm³/mol. The fraction of sp³-hybridized carbons (Fsp3) is 0.160. The molecule has 0 atom stereocenters. The van der Waals surface area contributed by atoms with Gasteiger partial charge in [0.1, 0.15) is 11.5 Å². The molecule has 170 valence electrons. The molecule has 3 aromatic rings. The maximum atomic E-state index is 13.0. The zero-order valence-corrected chi connectivity index (χ0v) is 18.3. The molecule has 8 nitrogen and oxygen atoms in total. The van der Waals surface area contributed by atoms with Gasteiger partial charge in [-0.15, -0.1) is 0 Å². The summed E-state index contributed by atoms with van der Waals surface area (Å²) in [5, 5.41) is 15.5. The highest BCUT2D eigenvalue weighted by molar-refractivity contribution is 6.01. The Morgan fingerprint density at radius 3 is 2.12 bits per heavy atom. The molecule has 0 saturated carbocycles. The highest BCUT2D eigenvalue weighted by Gasteiger charge is 2.20. The lowest BCUT2D eigenvalue weighted by Gasteiger charge is -2.25. The van der Waals surface area contributed by atoms with Gasteiger partial charge in [0, 0.05) is 5.56 Å². The summed E-state index contributed by atoms with van der Waals surface area (Å²) in [4.78, 5) is 31.2. The van der Waals surface area contributed by atoms with Crippen LogP contribution in [0.4, 0.5) is 5.69 Å². The minimum absolute atomic E-state index is 0.0962. The Balaban J connectivity index is 1.76. The lowest BCUT2D eigenvalue weighted by Crippen LogP contribution is -2.35. The fourth-order valence-corrected chi connectivity index (χ4v) is 3.06. The maximum Gasteiger partial charge on any atom is 0.268 e. The van der Waals surface area contributed by atoms with Crippen molar-refractivity contribution in [3.8, 4) is 11.5 Å². The SMILES string of the molecule is COc1ccc(/C=N\OCC(=O)N(Cc2ccc(OC)cc2)c2ccccc2C(=O)[O-])cc1. The summed E-state index contributed by atoms with van der Waals surface area (Å²) in [6.07, 6.45) is 1.47.